The monoisotopic (exact) mass is 194 g/mol. The van der Waals surface area contributed by atoms with E-state index in [4.69, 9.17) is 28.3 Å². The van der Waals surface area contributed by atoms with E-state index in [0.717, 1.165) is 0 Å². The summed E-state index contributed by atoms with van der Waals surface area (Å²) >= 11 is 11.0. The third-order valence-electron chi connectivity index (χ3n) is 2.64. The minimum Gasteiger partial charge on any atom is -0.396 e. The lowest BCUT2D eigenvalue weighted by atomic mass is 10.1. The van der Waals surface area contributed by atoms with Crippen LogP contribution in [0.25, 0.3) is 0 Å². The Kier molecular flexibility index (Phi) is 2.53. The lowest BCUT2D eigenvalue weighted by Crippen LogP contribution is -1.93. The Hall–Kier alpha value is 0.280. The molecule has 0 saturated heterocycles. The van der Waals surface area contributed by atoms with Crippen LogP contribution in [-0.4, -0.2) is 11.7 Å². The Bertz CT molecular complexity index is 183. The van der Waals surface area contributed by atoms with E-state index in [9.17, 15) is 0 Å². The standard InChI is InChI=1S/C8H12Cl2O/c1-8(2)5(3-7(9)10)6(8)4-11/h3,5-6,11H,4H2,1-2H3. The molecule has 1 aliphatic rings. The topological polar surface area (TPSA) is 20.2 Å². The summed E-state index contributed by atoms with van der Waals surface area (Å²) in [6.07, 6.45) is 1.81. The molecule has 1 fully saturated rings. The van der Waals surface area contributed by atoms with Crippen LogP contribution in [0.3, 0.4) is 0 Å². The van der Waals surface area contributed by atoms with Gasteiger partial charge < -0.3 is 5.11 Å². The molecular weight excluding hydrogens is 183 g/mol. The molecular formula is C8H12Cl2O. The fourth-order valence-electron chi connectivity index (χ4n) is 1.60. The van der Waals surface area contributed by atoms with Gasteiger partial charge in [0.15, 0.2) is 0 Å². The summed E-state index contributed by atoms with van der Waals surface area (Å²) in [5.74, 6) is 0.674. The van der Waals surface area contributed by atoms with Gasteiger partial charge in [-0.1, -0.05) is 43.1 Å². The Morgan fingerprint density at radius 2 is 2.09 bits per heavy atom. The maximum absolute atomic E-state index is 8.91. The lowest BCUT2D eigenvalue weighted by molar-refractivity contribution is 0.256. The summed E-state index contributed by atoms with van der Waals surface area (Å²) in [4.78, 5) is 0. The molecule has 1 rings (SSSR count). The second kappa shape index (κ2) is 2.96. The number of aliphatic hydroxyl groups excluding tert-OH is 1. The summed E-state index contributed by atoms with van der Waals surface area (Å²) in [5, 5.41) is 8.91. The van der Waals surface area contributed by atoms with Gasteiger partial charge in [0.25, 0.3) is 0 Å². The van der Waals surface area contributed by atoms with E-state index in [0.29, 0.717) is 16.3 Å². The highest BCUT2D eigenvalue weighted by atomic mass is 35.5. The highest BCUT2D eigenvalue weighted by Crippen LogP contribution is 2.59. The van der Waals surface area contributed by atoms with E-state index in [1.54, 1.807) is 0 Å². The largest absolute Gasteiger partial charge is 0.396 e. The molecule has 0 aromatic rings. The smallest absolute Gasteiger partial charge is 0.103 e. The van der Waals surface area contributed by atoms with Gasteiger partial charge in [0.05, 0.1) is 0 Å². The average Bonchev–Trinajstić information content (AvgIpc) is 2.33. The summed E-state index contributed by atoms with van der Waals surface area (Å²) in [7, 11) is 0. The van der Waals surface area contributed by atoms with Crippen LogP contribution in [0.2, 0.25) is 0 Å². The Morgan fingerprint density at radius 3 is 2.36 bits per heavy atom. The van der Waals surface area contributed by atoms with Crippen molar-refractivity contribution in [1.82, 2.24) is 0 Å². The van der Waals surface area contributed by atoms with Gasteiger partial charge in [-0.25, -0.2) is 0 Å². The number of hydrogen-bond acceptors (Lipinski definition) is 1. The van der Waals surface area contributed by atoms with E-state index in [1.165, 1.54) is 0 Å². The third kappa shape index (κ3) is 1.71. The number of halogens is 2. The van der Waals surface area contributed by atoms with E-state index >= 15 is 0 Å². The zero-order valence-electron chi connectivity index (χ0n) is 6.64. The van der Waals surface area contributed by atoms with Gasteiger partial charge >= 0.3 is 0 Å². The highest BCUT2D eigenvalue weighted by Gasteiger charge is 2.55. The molecule has 0 aromatic heterocycles. The van der Waals surface area contributed by atoms with Gasteiger partial charge in [-0.3, -0.25) is 0 Å². The second-order valence-electron chi connectivity index (χ2n) is 3.59. The third-order valence-corrected chi connectivity index (χ3v) is 2.89. The molecule has 1 N–H and O–H groups in total. The molecule has 0 amide bonds. The first kappa shape index (κ1) is 9.37. The summed E-state index contributed by atoms with van der Waals surface area (Å²) in [5.41, 5.74) is 0.170. The van der Waals surface area contributed by atoms with Crippen LogP contribution in [0.5, 0.6) is 0 Å². The zero-order valence-corrected chi connectivity index (χ0v) is 8.15. The molecule has 1 aliphatic carbocycles. The van der Waals surface area contributed by atoms with E-state index in [1.807, 2.05) is 6.08 Å². The van der Waals surface area contributed by atoms with E-state index < -0.39 is 0 Å². The predicted octanol–water partition coefficient (Wildman–Crippen LogP) is 2.57. The second-order valence-corrected chi connectivity index (χ2v) is 4.60. The summed E-state index contributed by atoms with van der Waals surface area (Å²) < 4.78 is 0.305. The fourth-order valence-corrected chi connectivity index (χ4v) is 1.87. The van der Waals surface area contributed by atoms with Crippen molar-refractivity contribution in [3.8, 4) is 0 Å². The average molecular weight is 195 g/mol. The number of rotatable bonds is 2. The molecule has 64 valence electrons. The molecule has 1 nitrogen and oxygen atoms in total. The van der Waals surface area contributed by atoms with E-state index in [-0.39, 0.29) is 12.0 Å². The first-order valence-corrected chi connectivity index (χ1v) is 4.39. The minimum atomic E-state index is 0.170. The van der Waals surface area contributed by atoms with Crippen molar-refractivity contribution in [2.45, 2.75) is 13.8 Å². The zero-order chi connectivity index (χ0) is 8.65. The van der Waals surface area contributed by atoms with Gasteiger partial charge in [0.2, 0.25) is 0 Å². The Labute approximate surface area is 77.0 Å². The van der Waals surface area contributed by atoms with Crippen LogP contribution >= 0.6 is 23.2 Å². The van der Waals surface area contributed by atoms with Gasteiger partial charge in [-0.15, -0.1) is 0 Å². The summed E-state index contributed by atoms with van der Waals surface area (Å²) in [6.45, 7) is 4.42. The normalized spacial score (nSPS) is 33.2. The van der Waals surface area contributed by atoms with Crippen molar-refractivity contribution in [3.05, 3.63) is 10.6 Å². The maximum Gasteiger partial charge on any atom is 0.103 e. The van der Waals surface area contributed by atoms with Crippen LogP contribution in [0.4, 0.5) is 0 Å². The number of aliphatic hydroxyl groups is 1. The van der Waals surface area contributed by atoms with Crippen LogP contribution in [0, 0.1) is 17.3 Å². The predicted molar refractivity (Wildman–Crippen MR) is 47.6 cm³/mol. The first-order chi connectivity index (χ1) is 5.00. The van der Waals surface area contributed by atoms with Crippen molar-refractivity contribution in [2.75, 3.05) is 6.61 Å². The van der Waals surface area contributed by atoms with Crippen LogP contribution in [-0.2, 0) is 0 Å². The van der Waals surface area contributed by atoms with Gasteiger partial charge in [-0.05, 0) is 17.3 Å². The van der Waals surface area contributed by atoms with Gasteiger partial charge in [-0.2, -0.15) is 0 Å². The minimum absolute atomic E-state index is 0.170. The Morgan fingerprint density at radius 1 is 1.55 bits per heavy atom. The van der Waals surface area contributed by atoms with Gasteiger partial charge in [0.1, 0.15) is 4.49 Å². The number of allylic oxidation sites excluding steroid dienone is 1. The molecule has 0 spiro atoms. The molecule has 11 heavy (non-hydrogen) atoms. The van der Waals surface area contributed by atoms with Crippen molar-refractivity contribution in [1.29, 1.82) is 0 Å². The molecule has 2 unspecified atom stereocenters. The molecule has 0 radical (unpaired) electrons. The van der Waals surface area contributed by atoms with Crippen LogP contribution in [0.15, 0.2) is 10.6 Å². The maximum atomic E-state index is 8.91. The molecule has 0 heterocycles. The van der Waals surface area contributed by atoms with Gasteiger partial charge in [0, 0.05) is 6.61 Å². The molecule has 0 aliphatic heterocycles. The quantitative estimate of drug-likeness (QED) is 0.717. The molecule has 2 atom stereocenters. The van der Waals surface area contributed by atoms with Crippen LogP contribution in [0.1, 0.15) is 13.8 Å². The van der Waals surface area contributed by atoms with Crippen molar-refractivity contribution in [2.24, 2.45) is 17.3 Å². The fraction of sp³-hybridized carbons (Fsp3) is 0.750. The van der Waals surface area contributed by atoms with Crippen molar-refractivity contribution >= 4 is 23.2 Å². The molecule has 0 aromatic carbocycles. The first-order valence-electron chi connectivity index (χ1n) is 3.64. The van der Waals surface area contributed by atoms with Crippen molar-refractivity contribution in [3.63, 3.8) is 0 Å². The number of hydrogen-bond donors (Lipinski definition) is 1. The molecule has 0 bridgehead atoms. The summed E-state index contributed by atoms with van der Waals surface area (Å²) in [6, 6.07) is 0. The van der Waals surface area contributed by atoms with Crippen LogP contribution < -0.4 is 0 Å². The highest BCUT2D eigenvalue weighted by molar-refractivity contribution is 6.55. The van der Waals surface area contributed by atoms with E-state index in [2.05, 4.69) is 13.8 Å². The SMILES string of the molecule is CC1(C)C(C=C(Cl)Cl)C1CO. The van der Waals surface area contributed by atoms with Crippen molar-refractivity contribution < 1.29 is 5.11 Å². The molecule has 1 saturated carbocycles. The Balaban J connectivity index is 2.59. The molecule has 3 heteroatoms. The lowest BCUT2D eigenvalue weighted by Gasteiger charge is -1.96.